The van der Waals surface area contributed by atoms with Gasteiger partial charge in [-0.05, 0) is 36.8 Å². The van der Waals surface area contributed by atoms with E-state index in [4.69, 9.17) is 4.74 Å². The summed E-state index contributed by atoms with van der Waals surface area (Å²) in [5.74, 6) is 0.694. The van der Waals surface area contributed by atoms with E-state index in [1.807, 2.05) is 25.3 Å². The van der Waals surface area contributed by atoms with E-state index >= 15 is 0 Å². The minimum atomic E-state index is -0.353. The van der Waals surface area contributed by atoms with Gasteiger partial charge in [0, 0.05) is 31.6 Å². The molecule has 1 aromatic carbocycles. The van der Waals surface area contributed by atoms with Gasteiger partial charge in [-0.1, -0.05) is 0 Å². The number of pyridine rings is 1. The first-order chi connectivity index (χ1) is 10.7. The molecule has 5 heteroatoms. The zero-order valence-electron chi connectivity index (χ0n) is 12.4. The molecule has 0 aliphatic carbocycles. The van der Waals surface area contributed by atoms with Gasteiger partial charge in [-0.3, -0.25) is 4.98 Å². The van der Waals surface area contributed by atoms with Crippen LogP contribution in [0.5, 0.6) is 11.5 Å². The van der Waals surface area contributed by atoms with Crippen molar-refractivity contribution in [1.29, 1.82) is 0 Å². The number of hydrogen-bond acceptors (Lipinski definition) is 3. The summed E-state index contributed by atoms with van der Waals surface area (Å²) in [6.07, 6.45) is 3.58. The predicted molar refractivity (Wildman–Crippen MR) is 84.8 cm³/mol. The van der Waals surface area contributed by atoms with Crippen molar-refractivity contribution < 1.29 is 9.13 Å². The minimum absolute atomic E-state index is 0.353. The lowest BCUT2D eigenvalue weighted by Crippen LogP contribution is -1.93. The fraction of sp³-hybridized carbons (Fsp3) is 0.118. The van der Waals surface area contributed by atoms with E-state index in [-0.39, 0.29) is 5.82 Å². The Morgan fingerprint density at radius 2 is 1.95 bits per heavy atom. The van der Waals surface area contributed by atoms with Crippen LogP contribution < -0.4 is 10.1 Å². The smallest absolute Gasteiger partial charge is 0.149 e. The highest BCUT2D eigenvalue weighted by molar-refractivity contribution is 5.58. The maximum atomic E-state index is 13.7. The first kappa shape index (κ1) is 14.1. The van der Waals surface area contributed by atoms with Crippen molar-refractivity contribution in [2.24, 2.45) is 0 Å². The Bertz CT molecular complexity index is 798. The summed E-state index contributed by atoms with van der Waals surface area (Å²) in [5, 5.41) is 2.77. The van der Waals surface area contributed by atoms with E-state index in [9.17, 15) is 4.39 Å². The van der Waals surface area contributed by atoms with Crippen LogP contribution in [0, 0.1) is 12.7 Å². The molecule has 0 aliphatic rings. The molecule has 22 heavy (non-hydrogen) atoms. The zero-order valence-corrected chi connectivity index (χ0v) is 12.4. The van der Waals surface area contributed by atoms with Gasteiger partial charge in [0.15, 0.2) is 0 Å². The monoisotopic (exact) mass is 297 g/mol. The van der Waals surface area contributed by atoms with E-state index in [1.165, 1.54) is 6.07 Å². The van der Waals surface area contributed by atoms with Gasteiger partial charge in [0.05, 0.1) is 17.1 Å². The molecule has 3 rings (SSSR count). The van der Waals surface area contributed by atoms with Crippen LogP contribution in [0.1, 0.15) is 5.56 Å². The summed E-state index contributed by atoms with van der Waals surface area (Å²) in [5.41, 5.74) is 3.26. The molecule has 2 aromatic heterocycles. The van der Waals surface area contributed by atoms with Crippen molar-refractivity contribution >= 4 is 5.69 Å². The van der Waals surface area contributed by atoms with Crippen molar-refractivity contribution in [3.8, 4) is 22.9 Å². The van der Waals surface area contributed by atoms with Crippen molar-refractivity contribution in [2.45, 2.75) is 6.92 Å². The zero-order chi connectivity index (χ0) is 15.5. The number of nitrogens with zero attached hydrogens (tertiary/aromatic N) is 1. The van der Waals surface area contributed by atoms with Crippen molar-refractivity contribution in [2.75, 3.05) is 12.4 Å². The van der Waals surface area contributed by atoms with E-state index < -0.39 is 0 Å². The summed E-state index contributed by atoms with van der Waals surface area (Å²) in [4.78, 5) is 7.46. The normalized spacial score (nSPS) is 10.5. The molecule has 0 unspecified atom stereocenters. The molecule has 0 atom stereocenters. The maximum Gasteiger partial charge on any atom is 0.149 e. The number of aromatic nitrogens is 2. The van der Waals surface area contributed by atoms with Crippen LogP contribution in [0.3, 0.4) is 0 Å². The minimum Gasteiger partial charge on any atom is -0.457 e. The Balaban J connectivity index is 1.85. The number of H-pyrrole nitrogens is 1. The summed E-state index contributed by atoms with van der Waals surface area (Å²) < 4.78 is 19.4. The number of benzene rings is 1. The molecule has 2 heterocycles. The molecular weight excluding hydrogens is 281 g/mol. The fourth-order valence-electron chi connectivity index (χ4n) is 2.17. The summed E-state index contributed by atoms with van der Waals surface area (Å²) in [6, 6.07) is 10.3. The number of halogens is 1. The molecule has 4 nitrogen and oxygen atoms in total. The highest BCUT2D eigenvalue weighted by atomic mass is 19.1. The first-order valence-electron chi connectivity index (χ1n) is 6.92. The van der Waals surface area contributed by atoms with Gasteiger partial charge in [-0.25, -0.2) is 4.39 Å². The van der Waals surface area contributed by atoms with Crippen molar-refractivity contribution in [3.63, 3.8) is 0 Å². The van der Waals surface area contributed by atoms with Gasteiger partial charge in [0.1, 0.15) is 17.3 Å². The number of hydrogen-bond donors (Lipinski definition) is 2. The number of anilines is 1. The third kappa shape index (κ3) is 2.93. The SMILES string of the molecule is CNc1ccc(Oc2ccnc(-c3cc(C)c[nH]3)c2)cc1F. The van der Waals surface area contributed by atoms with Crippen LogP contribution in [0.25, 0.3) is 11.4 Å². The van der Waals surface area contributed by atoms with Gasteiger partial charge < -0.3 is 15.0 Å². The molecule has 112 valence electrons. The molecule has 0 spiro atoms. The average molecular weight is 297 g/mol. The predicted octanol–water partition coefficient (Wildman–Crippen LogP) is 4.36. The molecular formula is C17H16FN3O. The lowest BCUT2D eigenvalue weighted by atomic mass is 10.2. The van der Waals surface area contributed by atoms with Crippen LogP contribution >= 0.6 is 0 Å². The Morgan fingerprint density at radius 3 is 2.64 bits per heavy atom. The summed E-state index contributed by atoms with van der Waals surface area (Å²) in [7, 11) is 1.67. The number of nitrogens with one attached hydrogen (secondary N) is 2. The lowest BCUT2D eigenvalue weighted by Gasteiger charge is -2.08. The third-order valence-electron chi connectivity index (χ3n) is 3.28. The number of aromatic amines is 1. The van der Waals surface area contributed by atoms with Gasteiger partial charge >= 0.3 is 0 Å². The maximum absolute atomic E-state index is 13.7. The molecule has 0 saturated carbocycles. The highest BCUT2D eigenvalue weighted by Crippen LogP contribution is 2.27. The largest absolute Gasteiger partial charge is 0.457 e. The molecule has 2 N–H and O–H groups in total. The van der Waals surface area contributed by atoms with E-state index in [1.54, 1.807) is 31.4 Å². The van der Waals surface area contributed by atoms with E-state index in [0.717, 1.165) is 17.0 Å². The fourth-order valence-corrected chi connectivity index (χ4v) is 2.17. The molecule has 0 radical (unpaired) electrons. The van der Waals surface area contributed by atoms with Gasteiger partial charge in [-0.2, -0.15) is 0 Å². The lowest BCUT2D eigenvalue weighted by molar-refractivity contribution is 0.476. The highest BCUT2D eigenvalue weighted by Gasteiger charge is 2.06. The standard InChI is InChI=1S/C17H16FN3O/c1-11-7-16(21-10-11)17-9-13(5-6-20-17)22-12-3-4-15(19-2)14(18)8-12/h3-10,19,21H,1-2H3. The summed E-state index contributed by atoms with van der Waals surface area (Å²) in [6.45, 7) is 2.01. The third-order valence-corrected chi connectivity index (χ3v) is 3.28. The Hall–Kier alpha value is -2.82. The number of aryl methyl sites for hydroxylation is 1. The molecule has 0 saturated heterocycles. The number of rotatable bonds is 4. The second-order valence-electron chi connectivity index (χ2n) is 4.96. The molecule has 0 fully saturated rings. The van der Waals surface area contributed by atoms with Gasteiger partial charge in [0.25, 0.3) is 0 Å². The molecule has 3 aromatic rings. The Kier molecular flexibility index (Phi) is 3.78. The van der Waals surface area contributed by atoms with Crippen LogP contribution in [-0.2, 0) is 0 Å². The topological polar surface area (TPSA) is 49.9 Å². The second kappa shape index (κ2) is 5.89. The van der Waals surface area contributed by atoms with E-state index in [0.29, 0.717) is 17.2 Å². The number of ether oxygens (including phenoxy) is 1. The summed E-state index contributed by atoms with van der Waals surface area (Å²) >= 11 is 0. The quantitative estimate of drug-likeness (QED) is 0.752. The van der Waals surface area contributed by atoms with Crippen LogP contribution in [-0.4, -0.2) is 17.0 Å². The second-order valence-corrected chi connectivity index (χ2v) is 4.96. The Labute approximate surface area is 128 Å². The molecule has 0 bridgehead atoms. The Morgan fingerprint density at radius 1 is 1.14 bits per heavy atom. The van der Waals surface area contributed by atoms with Crippen molar-refractivity contribution in [3.05, 3.63) is 60.2 Å². The van der Waals surface area contributed by atoms with E-state index in [2.05, 4.69) is 15.3 Å². The van der Waals surface area contributed by atoms with Gasteiger partial charge in [-0.15, -0.1) is 0 Å². The van der Waals surface area contributed by atoms with Crippen LogP contribution in [0.4, 0.5) is 10.1 Å². The van der Waals surface area contributed by atoms with Crippen molar-refractivity contribution in [1.82, 2.24) is 9.97 Å². The molecule has 0 aliphatic heterocycles. The first-order valence-corrected chi connectivity index (χ1v) is 6.92. The molecule has 0 amide bonds. The average Bonchev–Trinajstić information content (AvgIpc) is 2.94. The van der Waals surface area contributed by atoms with Crippen LogP contribution in [0.2, 0.25) is 0 Å². The van der Waals surface area contributed by atoms with Crippen LogP contribution in [0.15, 0.2) is 48.8 Å². The van der Waals surface area contributed by atoms with Gasteiger partial charge in [0.2, 0.25) is 0 Å².